The number of hydrogen-bond donors (Lipinski definition) is 1. The summed E-state index contributed by atoms with van der Waals surface area (Å²) in [5, 5.41) is 0. The van der Waals surface area contributed by atoms with Crippen molar-refractivity contribution in [2.45, 2.75) is 16.7 Å². The van der Waals surface area contributed by atoms with Gasteiger partial charge in [0.25, 0.3) is 0 Å². The maximum Gasteiger partial charge on any atom is 0.167 e. The van der Waals surface area contributed by atoms with Crippen molar-refractivity contribution in [2.24, 2.45) is 0 Å². The largest absolute Gasteiger partial charge is 0.491 e. The van der Waals surface area contributed by atoms with Crippen LogP contribution in [0.25, 0.3) is 0 Å². The lowest BCUT2D eigenvalue weighted by Gasteiger charge is -2.10. The van der Waals surface area contributed by atoms with Gasteiger partial charge in [-0.25, -0.2) is 4.39 Å². The van der Waals surface area contributed by atoms with Crippen LogP contribution in [0.15, 0.2) is 50.7 Å². The molecule has 2 rings (SSSR count). The maximum absolute atomic E-state index is 13.6. The fraction of sp³-hybridized carbons (Fsp3) is 0.143. The first kappa shape index (κ1) is 14.2. The average Bonchev–Trinajstić information content (AvgIpc) is 2.35. The molecule has 0 atom stereocenters. The zero-order valence-electron chi connectivity index (χ0n) is 10.3. The van der Waals surface area contributed by atoms with Crippen molar-refractivity contribution in [1.82, 2.24) is 0 Å². The molecule has 0 saturated heterocycles. The van der Waals surface area contributed by atoms with Gasteiger partial charge >= 0.3 is 0 Å². The Morgan fingerprint density at radius 2 is 2.11 bits per heavy atom. The van der Waals surface area contributed by atoms with E-state index in [9.17, 15) is 4.39 Å². The number of benzene rings is 2. The van der Waals surface area contributed by atoms with Crippen LogP contribution in [-0.2, 0) is 0 Å². The van der Waals surface area contributed by atoms with Crippen LogP contribution in [-0.4, -0.2) is 6.61 Å². The number of hydrogen-bond acceptors (Lipinski definition) is 3. The lowest BCUT2D eigenvalue weighted by atomic mass is 10.3. The molecule has 0 aliphatic carbocycles. The van der Waals surface area contributed by atoms with E-state index >= 15 is 0 Å². The maximum atomic E-state index is 13.6. The van der Waals surface area contributed by atoms with Gasteiger partial charge in [-0.2, -0.15) is 0 Å². The van der Waals surface area contributed by atoms with Crippen LogP contribution in [0.4, 0.5) is 10.1 Å². The molecule has 2 nitrogen and oxygen atoms in total. The highest BCUT2D eigenvalue weighted by atomic mass is 79.9. The molecule has 0 bridgehead atoms. The van der Waals surface area contributed by atoms with Crippen LogP contribution in [0, 0.1) is 5.82 Å². The molecule has 0 aromatic heterocycles. The number of anilines is 1. The first-order valence-corrected chi connectivity index (χ1v) is 7.36. The molecular formula is C14H13BrFNOS. The molecule has 2 aromatic rings. The van der Waals surface area contributed by atoms with E-state index in [0.29, 0.717) is 12.3 Å². The normalized spacial score (nSPS) is 10.5. The van der Waals surface area contributed by atoms with Crippen molar-refractivity contribution in [3.05, 3.63) is 46.7 Å². The summed E-state index contributed by atoms with van der Waals surface area (Å²) in [7, 11) is 0. The number of nitrogens with two attached hydrogens (primary N) is 1. The second-order valence-corrected chi connectivity index (χ2v) is 5.84. The molecule has 2 aromatic carbocycles. The highest BCUT2D eigenvalue weighted by Crippen LogP contribution is 2.36. The van der Waals surface area contributed by atoms with Gasteiger partial charge in [-0.3, -0.25) is 0 Å². The lowest BCUT2D eigenvalue weighted by Crippen LogP contribution is -1.97. The third-order valence-electron chi connectivity index (χ3n) is 2.39. The zero-order chi connectivity index (χ0) is 13.8. The van der Waals surface area contributed by atoms with Crippen molar-refractivity contribution in [1.29, 1.82) is 0 Å². The highest BCUT2D eigenvalue weighted by molar-refractivity contribution is 9.10. The van der Waals surface area contributed by atoms with Gasteiger partial charge in [0.1, 0.15) is 0 Å². The second-order valence-electron chi connectivity index (χ2n) is 3.81. The highest BCUT2D eigenvalue weighted by Gasteiger charge is 2.10. The Labute approximate surface area is 124 Å². The first-order valence-electron chi connectivity index (χ1n) is 5.75. The topological polar surface area (TPSA) is 35.2 Å². The Hall–Kier alpha value is -1.20. The Balaban J connectivity index is 2.31. The van der Waals surface area contributed by atoms with Crippen LogP contribution < -0.4 is 10.5 Å². The molecule has 0 heterocycles. The minimum absolute atomic E-state index is 0.231. The molecule has 0 radical (unpaired) electrons. The standard InChI is InChI=1S/C14H13BrFNOS/c1-2-18-13-8-14(12(17)7-11(13)16)19-10-5-3-4-9(15)6-10/h3-8H,2,17H2,1H3. The van der Waals surface area contributed by atoms with E-state index < -0.39 is 5.82 Å². The van der Waals surface area contributed by atoms with Gasteiger partial charge in [0, 0.05) is 26.0 Å². The smallest absolute Gasteiger partial charge is 0.167 e. The van der Waals surface area contributed by atoms with Gasteiger partial charge in [0.2, 0.25) is 0 Å². The Bertz CT molecular complexity index is 592. The Morgan fingerprint density at radius 1 is 1.32 bits per heavy atom. The molecular weight excluding hydrogens is 329 g/mol. The molecule has 19 heavy (non-hydrogen) atoms. The van der Waals surface area contributed by atoms with Crippen LogP contribution in [0.2, 0.25) is 0 Å². The third kappa shape index (κ3) is 3.64. The molecule has 0 spiro atoms. The summed E-state index contributed by atoms with van der Waals surface area (Å²) in [4.78, 5) is 1.80. The quantitative estimate of drug-likeness (QED) is 0.817. The summed E-state index contributed by atoms with van der Waals surface area (Å²) in [6, 6.07) is 10.8. The number of nitrogen functional groups attached to an aromatic ring is 1. The van der Waals surface area contributed by atoms with Crippen molar-refractivity contribution in [3.8, 4) is 5.75 Å². The second kappa shape index (κ2) is 6.30. The molecule has 0 amide bonds. The van der Waals surface area contributed by atoms with E-state index in [1.54, 1.807) is 6.07 Å². The van der Waals surface area contributed by atoms with E-state index in [1.807, 2.05) is 31.2 Å². The van der Waals surface area contributed by atoms with E-state index in [1.165, 1.54) is 17.8 Å². The van der Waals surface area contributed by atoms with Gasteiger partial charge in [-0.1, -0.05) is 33.8 Å². The van der Waals surface area contributed by atoms with Crippen LogP contribution in [0.1, 0.15) is 6.92 Å². The van der Waals surface area contributed by atoms with Crippen LogP contribution >= 0.6 is 27.7 Å². The van der Waals surface area contributed by atoms with Crippen LogP contribution in [0.3, 0.4) is 0 Å². The van der Waals surface area contributed by atoms with E-state index in [2.05, 4.69) is 15.9 Å². The van der Waals surface area contributed by atoms with E-state index in [-0.39, 0.29) is 5.75 Å². The predicted molar refractivity (Wildman–Crippen MR) is 80.2 cm³/mol. The van der Waals surface area contributed by atoms with Crippen molar-refractivity contribution >= 4 is 33.4 Å². The molecule has 0 unspecified atom stereocenters. The van der Waals surface area contributed by atoms with Crippen molar-refractivity contribution < 1.29 is 9.13 Å². The summed E-state index contributed by atoms with van der Waals surface area (Å²) in [6.07, 6.45) is 0. The minimum Gasteiger partial charge on any atom is -0.491 e. The van der Waals surface area contributed by atoms with Crippen molar-refractivity contribution in [3.63, 3.8) is 0 Å². The van der Waals surface area contributed by atoms with E-state index in [0.717, 1.165) is 14.3 Å². The number of rotatable bonds is 4. The average molecular weight is 342 g/mol. The molecule has 0 aliphatic heterocycles. The van der Waals surface area contributed by atoms with E-state index in [4.69, 9.17) is 10.5 Å². The minimum atomic E-state index is -0.432. The summed E-state index contributed by atoms with van der Waals surface area (Å²) >= 11 is 4.89. The number of halogens is 2. The predicted octanol–water partition coefficient (Wildman–Crippen LogP) is 4.72. The summed E-state index contributed by atoms with van der Waals surface area (Å²) in [5.74, 6) is -0.202. The fourth-order valence-corrected chi connectivity index (χ4v) is 3.04. The zero-order valence-corrected chi connectivity index (χ0v) is 12.7. The summed E-state index contributed by atoms with van der Waals surface area (Å²) < 4.78 is 19.8. The first-order chi connectivity index (χ1) is 9.10. The van der Waals surface area contributed by atoms with Gasteiger partial charge in [-0.05, 0) is 31.2 Å². The van der Waals surface area contributed by atoms with Gasteiger partial charge in [0.05, 0.1) is 6.61 Å². The molecule has 5 heteroatoms. The monoisotopic (exact) mass is 341 g/mol. The SMILES string of the molecule is CCOc1cc(Sc2cccc(Br)c2)c(N)cc1F. The third-order valence-corrected chi connectivity index (χ3v) is 3.94. The van der Waals surface area contributed by atoms with Gasteiger partial charge in [-0.15, -0.1) is 0 Å². The Kier molecular flexibility index (Phi) is 4.71. The molecule has 0 saturated carbocycles. The summed E-state index contributed by atoms with van der Waals surface area (Å²) in [6.45, 7) is 2.23. The summed E-state index contributed by atoms with van der Waals surface area (Å²) in [5.41, 5.74) is 6.25. The van der Waals surface area contributed by atoms with Gasteiger partial charge in [0.15, 0.2) is 11.6 Å². The Morgan fingerprint density at radius 3 is 2.79 bits per heavy atom. The fourth-order valence-electron chi connectivity index (χ4n) is 1.56. The van der Waals surface area contributed by atoms with Crippen LogP contribution in [0.5, 0.6) is 5.75 Å². The van der Waals surface area contributed by atoms with Crippen molar-refractivity contribution in [2.75, 3.05) is 12.3 Å². The molecule has 0 aliphatic rings. The molecule has 2 N–H and O–H groups in total. The van der Waals surface area contributed by atoms with Gasteiger partial charge < -0.3 is 10.5 Å². The molecule has 100 valence electrons. The lowest BCUT2D eigenvalue weighted by molar-refractivity contribution is 0.321. The number of ether oxygens (including phenoxy) is 1. The molecule has 0 fully saturated rings.